The summed E-state index contributed by atoms with van der Waals surface area (Å²) >= 11 is 0. The van der Waals surface area contributed by atoms with Crippen LogP contribution >= 0.6 is 0 Å². The molecule has 1 fully saturated rings. The number of nitro groups is 1. The molecule has 9 heteroatoms. The Morgan fingerprint density at radius 1 is 1.24 bits per heavy atom. The number of likely N-dealkylation sites (N-methyl/N-ethyl adjacent to an activating group) is 1. The summed E-state index contributed by atoms with van der Waals surface area (Å²) in [7, 11) is 3.66. The van der Waals surface area contributed by atoms with Gasteiger partial charge in [0.05, 0.1) is 16.5 Å². The molecular weight excluding hydrogens is 426 g/mol. The van der Waals surface area contributed by atoms with Crippen LogP contribution in [0.1, 0.15) is 17.2 Å². The molecule has 0 radical (unpaired) electrons. The van der Waals surface area contributed by atoms with Crippen molar-refractivity contribution >= 4 is 23.1 Å². The Kier molecular flexibility index (Phi) is 7.24. The molecule has 0 aromatic heterocycles. The molecule has 1 heterocycles. The SMILES string of the molecule is C=CCOc1ccc(C(O)=C2C(=O)C(=O)N(CCN(C)C)[C@@H]2c2cccc([N+](=O)[O-])c2)cc1. The van der Waals surface area contributed by atoms with E-state index >= 15 is 0 Å². The minimum absolute atomic E-state index is 0.112. The van der Waals surface area contributed by atoms with E-state index in [1.165, 1.54) is 23.1 Å². The topological polar surface area (TPSA) is 113 Å². The van der Waals surface area contributed by atoms with Crippen molar-refractivity contribution in [2.24, 2.45) is 0 Å². The number of carbonyl (C=O) groups excluding carboxylic acids is 2. The van der Waals surface area contributed by atoms with Crippen molar-refractivity contribution in [2.75, 3.05) is 33.8 Å². The Hall–Kier alpha value is -3.98. The fraction of sp³-hybridized carbons (Fsp3) is 0.250. The lowest BCUT2D eigenvalue weighted by Gasteiger charge is -2.26. The fourth-order valence-corrected chi connectivity index (χ4v) is 3.59. The molecule has 1 amide bonds. The zero-order valence-electron chi connectivity index (χ0n) is 18.4. The molecule has 2 aromatic carbocycles. The second-order valence-electron chi connectivity index (χ2n) is 7.77. The fourth-order valence-electron chi connectivity index (χ4n) is 3.59. The first kappa shape index (κ1) is 23.7. The van der Waals surface area contributed by atoms with Gasteiger partial charge in [-0.2, -0.15) is 0 Å². The summed E-state index contributed by atoms with van der Waals surface area (Å²) in [6.07, 6.45) is 1.60. The molecule has 0 saturated carbocycles. The molecule has 0 spiro atoms. The van der Waals surface area contributed by atoms with Crippen molar-refractivity contribution in [1.29, 1.82) is 0 Å². The van der Waals surface area contributed by atoms with Crippen molar-refractivity contribution in [3.8, 4) is 5.75 Å². The smallest absolute Gasteiger partial charge is 0.295 e. The van der Waals surface area contributed by atoms with E-state index in [9.17, 15) is 24.8 Å². The van der Waals surface area contributed by atoms with Gasteiger partial charge in [-0.3, -0.25) is 19.7 Å². The number of amides is 1. The van der Waals surface area contributed by atoms with Crippen molar-refractivity contribution in [3.05, 3.63) is 88.0 Å². The summed E-state index contributed by atoms with van der Waals surface area (Å²) in [4.78, 5) is 39.8. The third-order valence-electron chi connectivity index (χ3n) is 5.22. The van der Waals surface area contributed by atoms with Gasteiger partial charge < -0.3 is 19.6 Å². The molecule has 172 valence electrons. The van der Waals surface area contributed by atoms with Gasteiger partial charge in [0.25, 0.3) is 17.4 Å². The highest BCUT2D eigenvalue weighted by atomic mass is 16.6. The number of ketones is 1. The largest absolute Gasteiger partial charge is 0.507 e. The van der Waals surface area contributed by atoms with Gasteiger partial charge in [0.15, 0.2) is 0 Å². The maximum Gasteiger partial charge on any atom is 0.295 e. The highest BCUT2D eigenvalue weighted by Gasteiger charge is 2.46. The first-order valence-electron chi connectivity index (χ1n) is 10.3. The number of benzene rings is 2. The lowest BCUT2D eigenvalue weighted by molar-refractivity contribution is -0.384. The number of rotatable bonds is 9. The van der Waals surface area contributed by atoms with Gasteiger partial charge in [-0.05, 0) is 43.9 Å². The van der Waals surface area contributed by atoms with Gasteiger partial charge in [0.1, 0.15) is 18.1 Å². The van der Waals surface area contributed by atoms with Gasteiger partial charge in [-0.15, -0.1) is 0 Å². The van der Waals surface area contributed by atoms with Crippen molar-refractivity contribution < 1.29 is 24.4 Å². The van der Waals surface area contributed by atoms with E-state index in [2.05, 4.69) is 6.58 Å². The number of aliphatic hydroxyl groups excluding tert-OH is 1. The number of ether oxygens (including phenoxy) is 1. The van der Waals surface area contributed by atoms with Crippen LogP contribution < -0.4 is 4.74 Å². The summed E-state index contributed by atoms with van der Waals surface area (Å²) in [5.74, 6) is -1.41. The lowest BCUT2D eigenvalue weighted by Crippen LogP contribution is -2.35. The first-order chi connectivity index (χ1) is 15.7. The molecule has 0 aliphatic carbocycles. The molecule has 0 unspecified atom stereocenters. The lowest BCUT2D eigenvalue weighted by atomic mass is 9.95. The highest BCUT2D eigenvalue weighted by Crippen LogP contribution is 2.40. The monoisotopic (exact) mass is 451 g/mol. The minimum Gasteiger partial charge on any atom is -0.507 e. The zero-order valence-corrected chi connectivity index (χ0v) is 18.4. The minimum atomic E-state index is -0.957. The van der Waals surface area contributed by atoms with Crippen LogP contribution in [0.5, 0.6) is 5.75 Å². The molecule has 3 rings (SSSR count). The van der Waals surface area contributed by atoms with Gasteiger partial charge in [-0.25, -0.2) is 0 Å². The molecule has 9 nitrogen and oxygen atoms in total. The predicted molar refractivity (Wildman–Crippen MR) is 123 cm³/mol. The van der Waals surface area contributed by atoms with Gasteiger partial charge in [0.2, 0.25) is 0 Å². The Balaban J connectivity index is 2.10. The number of aliphatic hydroxyl groups is 1. The number of nitro benzene ring substituents is 1. The Morgan fingerprint density at radius 3 is 2.55 bits per heavy atom. The number of carbonyl (C=O) groups is 2. The number of non-ortho nitro benzene ring substituents is 1. The Morgan fingerprint density at radius 2 is 1.94 bits per heavy atom. The van der Waals surface area contributed by atoms with E-state index in [0.29, 0.717) is 30.0 Å². The molecule has 1 aliphatic rings. The molecule has 1 atom stereocenters. The Bertz CT molecular complexity index is 1110. The summed E-state index contributed by atoms with van der Waals surface area (Å²) in [5, 5.41) is 22.4. The first-order valence-corrected chi connectivity index (χ1v) is 10.3. The van der Waals surface area contributed by atoms with E-state index in [1.54, 1.807) is 36.4 Å². The van der Waals surface area contributed by atoms with Crippen LogP contribution in [0.2, 0.25) is 0 Å². The zero-order chi connectivity index (χ0) is 24.1. The van der Waals surface area contributed by atoms with Crippen molar-refractivity contribution in [1.82, 2.24) is 9.80 Å². The number of hydrogen-bond acceptors (Lipinski definition) is 7. The van der Waals surface area contributed by atoms with Crippen LogP contribution in [0.25, 0.3) is 5.76 Å². The highest BCUT2D eigenvalue weighted by molar-refractivity contribution is 6.46. The van der Waals surface area contributed by atoms with Gasteiger partial charge >= 0.3 is 0 Å². The summed E-state index contributed by atoms with van der Waals surface area (Å²) in [6.45, 7) is 4.57. The number of likely N-dealkylation sites (tertiary alicyclic amines) is 1. The third kappa shape index (κ3) is 5.09. The van der Waals surface area contributed by atoms with Gasteiger partial charge in [0, 0.05) is 30.8 Å². The second kappa shape index (κ2) is 10.1. The van der Waals surface area contributed by atoms with E-state index in [-0.39, 0.29) is 23.6 Å². The second-order valence-corrected chi connectivity index (χ2v) is 7.77. The van der Waals surface area contributed by atoms with Crippen LogP contribution in [0.4, 0.5) is 5.69 Å². The van der Waals surface area contributed by atoms with E-state index in [4.69, 9.17) is 4.74 Å². The molecule has 0 bridgehead atoms. The van der Waals surface area contributed by atoms with Crippen molar-refractivity contribution in [2.45, 2.75) is 6.04 Å². The van der Waals surface area contributed by atoms with E-state index < -0.39 is 22.7 Å². The average molecular weight is 451 g/mol. The summed E-state index contributed by atoms with van der Waals surface area (Å²) < 4.78 is 5.44. The molecule has 1 saturated heterocycles. The average Bonchev–Trinajstić information content (AvgIpc) is 3.06. The maximum atomic E-state index is 13.0. The normalized spacial score (nSPS) is 17.4. The molecule has 2 aromatic rings. The van der Waals surface area contributed by atoms with Crippen LogP contribution in [-0.2, 0) is 9.59 Å². The van der Waals surface area contributed by atoms with Crippen molar-refractivity contribution in [3.63, 3.8) is 0 Å². The Labute approximate surface area is 191 Å². The number of nitrogens with zero attached hydrogens (tertiary/aromatic N) is 3. The summed E-state index contributed by atoms with van der Waals surface area (Å²) in [6, 6.07) is 11.2. The quantitative estimate of drug-likeness (QED) is 0.156. The van der Waals surface area contributed by atoms with Crippen LogP contribution in [-0.4, -0.2) is 65.3 Å². The maximum absolute atomic E-state index is 13.0. The molecule has 1 N–H and O–H groups in total. The van der Waals surface area contributed by atoms with Gasteiger partial charge in [-0.1, -0.05) is 24.8 Å². The van der Waals surface area contributed by atoms with E-state index in [0.717, 1.165) is 0 Å². The predicted octanol–water partition coefficient (Wildman–Crippen LogP) is 3.14. The summed E-state index contributed by atoms with van der Waals surface area (Å²) in [5.41, 5.74) is 0.407. The van der Waals surface area contributed by atoms with Crippen LogP contribution in [0, 0.1) is 10.1 Å². The van der Waals surface area contributed by atoms with Crippen LogP contribution in [0.3, 0.4) is 0 Å². The number of hydrogen-bond donors (Lipinski definition) is 1. The number of Topliss-reactive ketones (excluding diaryl/α,β-unsaturated/α-hetero) is 1. The molecule has 1 aliphatic heterocycles. The van der Waals surface area contributed by atoms with Crippen LogP contribution in [0.15, 0.2) is 66.8 Å². The molecule has 33 heavy (non-hydrogen) atoms. The molecular formula is C24H25N3O6. The standard InChI is InChI=1S/C24H25N3O6/c1-4-14-33-19-10-8-16(9-11-19)22(28)20-21(17-6-5-7-18(15-17)27(31)32)26(13-12-25(2)3)24(30)23(20)29/h4-11,15,21,28H,1,12-14H2,2-3H3/t21-/m1/s1. The third-order valence-corrected chi connectivity index (χ3v) is 5.22. The van der Waals surface area contributed by atoms with E-state index in [1.807, 2.05) is 19.0 Å².